The van der Waals surface area contributed by atoms with Gasteiger partial charge in [-0.3, -0.25) is 0 Å². The molecule has 1 aromatic heterocycles. The van der Waals surface area contributed by atoms with E-state index in [4.69, 9.17) is 0 Å². The number of rotatable bonds is 5. The highest BCUT2D eigenvalue weighted by molar-refractivity contribution is 5.81. The van der Waals surface area contributed by atoms with Gasteiger partial charge >= 0.3 is 0 Å². The summed E-state index contributed by atoms with van der Waals surface area (Å²) in [5.41, 5.74) is 0.274. The summed E-state index contributed by atoms with van der Waals surface area (Å²) in [4.78, 5) is 0. The maximum Gasteiger partial charge on any atom is 0.203 e. The molecule has 0 amide bonds. The number of aliphatic hydroxyl groups is 1. The molecule has 3 aromatic carbocycles. The van der Waals surface area contributed by atoms with Crippen molar-refractivity contribution < 1.29 is 18.3 Å². The van der Waals surface area contributed by atoms with Gasteiger partial charge in [-0.15, -0.1) is 0 Å². The van der Waals surface area contributed by atoms with Crippen molar-refractivity contribution in [2.45, 2.75) is 18.8 Å². The van der Waals surface area contributed by atoms with Gasteiger partial charge in [0.2, 0.25) is 6.30 Å². The van der Waals surface area contributed by atoms with Crippen molar-refractivity contribution in [3.63, 3.8) is 0 Å². The van der Waals surface area contributed by atoms with Gasteiger partial charge < -0.3 is 10.4 Å². The molecule has 0 spiro atoms. The first kappa shape index (κ1) is 19.0. The van der Waals surface area contributed by atoms with Crippen LogP contribution in [0.3, 0.4) is 0 Å². The minimum absolute atomic E-state index is 0.341. The normalized spacial score (nSPS) is 14.5. The van der Waals surface area contributed by atoms with Gasteiger partial charge in [-0.25, -0.2) is 17.9 Å². The Kier molecular flexibility index (Phi) is 4.76. The van der Waals surface area contributed by atoms with E-state index in [1.165, 1.54) is 43.3 Å². The van der Waals surface area contributed by atoms with E-state index < -0.39 is 17.7 Å². The monoisotopic (exact) mass is 397 g/mol. The summed E-state index contributed by atoms with van der Waals surface area (Å²) < 4.78 is 42.7. The van der Waals surface area contributed by atoms with Crippen molar-refractivity contribution in [1.29, 1.82) is 0 Å². The van der Waals surface area contributed by atoms with Crippen molar-refractivity contribution in [3.05, 3.63) is 90.1 Å². The van der Waals surface area contributed by atoms with Crippen LogP contribution >= 0.6 is 0 Å². The van der Waals surface area contributed by atoms with Crippen molar-refractivity contribution in [2.24, 2.45) is 0 Å². The lowest BCUT2D eigenvalue weighted by Crippen LogP contribution is -2.38. The second-order valence-electron chi connectivity index (χ2n) is 6.97. The maximum atomic E-state index is 14.8. The molecule has 0 fully saturated rings. The summed E-state index contributed by atoms with van der Waals surface area (Å²) in [7, 11) is 0. The number of aromatic nitrogens is 2. The van der Waals surface area contributed by atoms with Gasteiger partial charge in [0.05, 0.1) is 17.4 Å². The smallest absolute Gasteiger partial charge is 0.203 e. The molecule has 4 rings (SSSR count). The molecule has 7 heteroatoms. The first-order chi connectivity index (χ1) is 13.8. The fraction of sp³-hybridized carbons (Fsp3) is 0.136. The van der Waals surface area contributed by atoms with E-state index in [1.54, 1.807) is 41.2 Å². The minimum atomic E-state index is -1.85. The minimum Gasteiger partial charge on any atom is -0.380 e. The van der Waals surface area contributed by atoms with Crippen LogP contribution in [-0.4, -0.2) is 21.2 Å². The number of fused-ring (bicyclic) bond motifs is 1. The third-order valence-corrected chi connectivity index (χ3v) is 4.85. The van der Waals surface area contributed by atoms with Crippen LogP contribution in [0, 0.1) is 11.6 Å². The van der Waals surface area contributed by atoms with Gasteiger partial charge in [-0.05, 0) is 73.2 Å². The van der Waals surface area contributed by atoms with Gasteiger partial charge in [0, 0.05) is 11.1 Å². The second-order valence-corrected chi connectivity index (χ2v) is 6.97. The summed E-state index contributed by atoms with van der Waals surface area (Å²) >= 11 is 0. The molecule has 148 valence electrons. The highest BCUT2D eigenvalue weighted by atomic mass is 19.1. The van der Waals surface area contributed by atoms with Gasteiger partial charge in [0.1, 0.15) is 17.2 Å². The Bertz CT molecular complexity index is 1140. The molecule has 4 nitrogen and oxygen atoms in total. The van der Waals surface area contributed by atoms with E-state index in [0.717, 1.165) is 5.52 Å². The van der Waals surface area contributed by atoms with Gasteiger partial charge in [0.25, 0.3) is 0 Å². The van der Waals surface area contributed by atoms with Crippen LogP contribution in [0.15, 0.2) is 72.9 Å². The highest BCUT2D eigenvalue weighted by Crippen LogP contribution is 2.31. The predicted octanol–water partition coefficient (Wildman–Crippen LogP) is 4.92. The Morgan fingerprint density at radius 3 is 2.24 bits per heavy atom. The van der Waals surface area contributed by atoms with Crippen LogP contribution < -0.4 is 5.32 Å². The summed E-state index contributed by atoms with van der Waals surface area (Å²) in [6.45, 7) is 1.36. The maximum absolute atomic E-state index is 14.8. The molecule has 0 bridgehead atoms. The Morgan fingerprint density at radius 1 is 0.966 bits per heavy atom. The molecule has 2 atom stereocenters. The van der Waals surface area contributed by atoms with Crippen LogP contribution in [0.25, 0.3) is 16.6 Å². The molecule has 4 aromatic rings. The van der Waals surface area contributed by atoms with Crippen LogP contribution in [0.5, 0.6) is 0 Å². The standard InChI is InChI=1S/C22H18F3N3O/c1-22(29,21(25)27-18-7-3-16(23)4-8-18)15-2-11-20-14(12-15)13-26-28(20)19-9-5-17(24)6-10-19/h2-13,21,27,29H,1H3. The van der Waals surface area contributed by atoms with Crippen molar-refractivity contribution in [1.82, 2.24) is 9.78 Å². The Balaban J connectivity index is 1.62. The SMILES string of the molecule is CC(O)(c1ccc2c(cnn2-c2ccc(F)cc2)c1)C(F)Nc1ccc(F)cc1. The first-order valence-electron chi connectivity index (χ1n) is 8.97. The summed E-state index contributed by atoms with van der Waals surface area (Å²) in [5.74, 6) is -0.771. The summed E-state index contributed by atoms with van der Waals surface area (Å²) in [6, 6.07) is 16.1. The number of hydrogen-bond donors (Lipinski definition) is 2. The van der Waals surface area contributed by atoms with E-state index in [0.29, 0.717) is 22.3 Å². The number of benzene rings is 3. The molecule has 29 heavy (non-hydrogen) atoms. The lowest BCUT2D eigenvalue weighted by atomic mass is 9.93. The fourth-order valence-electron chi connectivity index (χ4n) is 3.12. The lowest BCUT2D eigenvalue weighted by molar-refractivity contribution is -0.0117. The molecule has 0 saturated heterocycles. The Hall–Kier alpha value is -3.32. The van der Waals surface area contributed by atoms with E-state index in [2.05, 4.69) is 10.4 Å². The average molecular weight is 397 g/mol. The number of nitrogens with zero attached hydrogens (tertiary/aromatic N) is 2. The molecular formula is C22H18F3N3O. The highest BCUT2D eigenvalue weighted by Gasteiger charge is 2.34. The largest absolute Gasteiger partial charge is 0.380 e. The number of alkyl halides is 1. The summed E-state index contributed by atoms with van der Waals surface area (Å²) in [6.07, 6.45) is -0.239. The van der Waals surface area contributed by atoms with Crippen LogP contribution in [-0.2, 0) is 5.60 Å². The molecule has 0 aliphatic carbocycles. The Morgan fingerprint density at radius 2 is 1.59 bits per heavy atom. The van der Waals surface area contributed by atoms with E-state index in [-0.39, 0.29) is 5.82 Å². The van der Waals surface area contributed by atoms with Crippen LogP contribution in [0.2, 0.25) is 0 Å². The quantitative estimate of drug-likeness (QED) is 0.470. The Labute approximate surface area is 165 Å². The van der Waals surface area contributed by atoms with Crippen LogP contribution in [0.1, 0.15) is 12.5 Å². The molecule has 2 unspecified atom stereocenters. The molecule has 1 heterocycles. The third-order valence-electron chi connectivity index (χ3n) is 4.85. The number of nitrogens with one attached hydrogen (secondary N) is 1. The van der Waals surface area contributed by atoms with Crippen LogP contribution in [0.4, 0.5) is 18.9 Å². The number of halogens is 3. The zero-order valence-electron chi connectivity index (χ0n) is 15.5. The molecular weight excluding hydrogens is 379 g/mol. The average Bonchev–Trinajstić information content (AvgIpc) is 3.13. The first-order valence-corrected chi connectivity index (χ1v) is 8.97. The van der Waals surface area contributed by atoms with Gasteiger partial charge in [-0.2, -0.15) is 5.10 Å². The third kappa shape index (κ3) is 3.69. The van der Waals surface area contributed by atoms with E-state index in [1.807, 2.05) is 0 Å². The lowest BCUT2D eigenvalue weighted by Gasteiger charge is -2.29. The summed E-state index contributed by atoms with van der Waals surface area (Å²) in [5, 5.41) is 18.4. The van der Waals surface area contributed by atoms with Crippen molar-refractivity contribution in [2.75, 3.05) is 5.32 Å². The molecule has 0 aliphatic heterocycles. The van der Waals surface area contributed by atoms with E-state index in [9.17, 15) is 18.3 Å². The zero-order valence-corrected chi connectivity index (χ0v) is 15.5. The molecule has 2 N–H and O–H groups in total. The van der Waals surface area contributed by atoms with Crippen molar-refractivity contribution in [3.8, 4) is 5.69 Å². The predicted molar refractivity (Wildman–Crippen MR) is 106 cm³/mol. The fourth-order valence-corrected chi connectivity index (χ4v) is 3.12. The van der Waals surface area contributed by atoms with Crippen molar-refractivity contribution >= 4 is 16.6 Å². The van der Waals surface area contributed by atoms with Gasteiger partial charge in [0.15, 0.2) is 0 Å². The zero-order chi connectivity index (χ0) is 20.6. The topological polar surface area (TPSA) is 50.1 Å². The molecule has 0 aliphatic rings. The second kappa shape index (κ2) is 7.25. The van der Waals surface area contributed by atoms with E-state index >= 15 is 0 Å². The molecule has 0 radical (unpaired) electrons. The molecule has 0 saturated carbocycles. The van der Waals surface area contributed by atoms with Gasteiger partial charge in [-0.1, -0.05) is 6.07 Å². The number of hydrogen-bond acceptors (Lipinski definition) is 3. The number of anilines is 1.